The van der Waals surface area contributed by atoms with Crippen molar-refractivity contribution in [2.45, 2.75) is 13.2 Å². The number of nitrogens with zero attached hydrogens (tertiary/aromatic N) is 6. The van der Waals surface area contributed by atoms with Crippen LogP contribution in [0.2, 0.25) is 0 Å². The van der Waals surface area contributed by atoms with Gasteiger partial charge in [0, 0.05) is 47.6 Å². The topological polar surface area (TPSA) is 163 Å². The van der Waals surface area contributed by atoms with Crippen molar-refractivity contribution in [3.63, 3.8) is 0 Å². The number of nitrogens with one attached hydrogen (secondary N) is 2. The third kappa shape index (κ3) is 5.11. The smallest absolute Gasteiger partial charge is 0.255 e. The van der Waals surface area contributed by atoms with Gasteiger partial charge in [0.25, 0.3) is 5.91 Å². The first-order valence-electron chi connectivity index (χ1n) is 11.4. The van der Waals surface area contributed by atoms with Gasteiger partial charge in [-0.05, 0) is 18.2 Å². The minimum Gasteiger partial charge on any atom is -0.470 e. The molecule has 3 aromatic heterocycles. The highest BCUT2D eigenvalue weighted by atomic mass is 32.2. The number of hydrogen-bond acceptors (Lipinski definition) is 11. The molecule has 2 N–H and O–H groups in total. The second-order valence-electron chi connectivity index (χ2n) is 8.16. The molecular weight excluding hydrogens is 496 g/mol. The molecular formula is C24H22N8O4S. The molecule has 0 aliphatic carbocycles. The number of thioether (sulfide) groups is 1. The van der Waals surface area contributed by atoms with E-state index in [1.807, 2.05) is 16.7 Å². The van der Waals surface area contributed by atoms with Crippen LogP contribution in [0.4, 0.5) is 0 Å². The van der Waals surface area contributed by atoms with E-state index < -0.39 is 0 Å². The van der Waals surface area contributed by atoms with Gasteiger partial charge in [-0.1, -0.05) is 28.5 Å². The average molecular weight is 519 g/mol. The zero-order valence-electron chi connectivity index (χ0n) is 19.6. The van der Waals surface area contributed by atoms with Crippen molar-refractivity contribution in [2.75, 3.05) is 24.6 Å². The van der Waals surface area contributed by atoms with Gasteiger partial charge in [0.2, 0.25) is 5.88 Å². The third-order valence-corrected chi connectivity index (χ3v) is 6.72. The number of carbonyl (C=O) groups is 1. The van der Waals surface area contributed by atoms with Crippen LogP contribution < -0.4 is 10.2 Å². The fraction of sp³-hybridized carbons (Fsp3) is 0.250. The Kier molecular flexibility index (Phi) is 7.03. The first-order valence-corrected chi connectivity index (χ1v) is 12.6. The lowest BCUT2D eigenvalue weighted by Gasteiger charge is -2.26. The van der Waals surface area contributed by atoms with Crippen LogP contribution in [0, 0.1) is 15.7 Å². The zero-order chi connectivity index (χ0) is 25.8. The molecule has 4 aromatic rings. The number of rotatable bonds is 7. The molecule has 0 atom stereocenters. The highest BCUT2D eigenvalue weighted by molar-refractivity contribution is 7.99. The Bertz CT molecular complexity index is 1530. The van der Waals surface area contributed by atoms with Crippen molar-refractivity contribution in [1.29, 1.82) is 10.8 Å². The summed E-state index contributed by atoms with van der Waals surface area (Å²) in [6.07, 6.45) is 1.55. The molecule has 13 heteroatoms. The van der Waals surface area contributed by atoms with Gasteiger partial charge in [-0.15, -0.1) is 5.10 Å². The fourth-order valence-corrected chi connectivity index (χ4v) is 4.76. The summed E-state index contributed by atoms with van der Waals surface area (Å²) in [7, 11) is 0. The van der Waals surface area contributed by atoms with E-state index in [9.17, 15) is 9.70 Å². The van der Waals surface area contributed by atoms with Gasteiger partial charge in [0.1, 0.15) is 13.2 Å². The molecule has 1 saturated heterocycles. The minimum atomic E-state index is -0.224. The summed E-state index contributed by atoms with van der Waals surface area (Å²) in [5, 5.41) is 29.1. The van der Waals surface area contributed by atoms with Gasteiger partial charge in [-0.2, -0.15) is 21.4 Å². The molecule has 0 saturated carbocycles. The molecule has 1 amide bonds. The lowest BCUT2D eigenvalue weighted by atomic mass is 10.2. The maximum atomic E-state index is 12.7. The average Bonchev–Trinajstić information content (AvgIpc) is 3.42. The van der Waals surface area contributed by atoms with E-state index in [0.717, 1.165) is 29.3 Å². The number of aromatic nitrogens is 4. The second-order valence-corrected chi connectivity index (χ2v) is 9.38. The Balaban J connectivity index is 1.38. The molecule has 0 spiro atoms. The van der Waals surface area contributed by atoms with E-state index in [0.29, 0.717) is 22.0 Å². The highest BCUT2D eigenvalue weighted by Crippen LogP contribution is 2.21. The Morgan fingerprint density at radius 3 is 2.68 bits per heavy atom. The molecule has 5 rings (SSSR count). The van der Waals surface area contributed by atoms with Gasteiger partial charge < -0.3 is 14.2 Å². The number of amides is 1. The van der Waals surface area contributed by atoms with Gasteiger partial charge in [-0.25, -0.2) is 0 Å². The first-order chi connectivity index (χ1) is 18.0. The van der Waals surface area contributed by atoms with Crippen molar-refractivity contribution in [3.05, 3.63) is 81.8 Å². The molecule has 37 heavy (non-hydrogen) atoms. The third-order valence-electron chi connectivity index (χ3n) is 5.78. The Morgan fingerprint density at radius 1 is 1.16 bits per heavy atom. The van der Waals surface area contributed by atoms with E-state index >= 15 is 0 Å². The second kappa shape index (κ2) is 10.7. The number of nitroso groups, excluding NO2 is 1. The summed E-state index contributed by atoms with van der Waals surface area (Å²) in [6, 6.07) is 12.0. The van der Waals surface area contributed by atoms with Crippen molar-refractivity contribution in [3.8, 4) is 5.88 Å². The van der Waals surface area contributed by atoms with Crippen LogP contribution >= 0.6 is 11.8 Å². The Hall–Kier alpha value is -4.39. The van der Waals surface area contributed by atoms with Crippen LogP contribution in [0.3, 0.4) is 0 Å². The molecule has 0 bridgehead atoms. The molecule has 0 unspecified atom stereocenters. The molecule has 1 aromatic carbocycles. The van der Waals surface area contributed by atoms with Crippen LogP contribution in [-0.4, -0.2) is 61.2 Å². The van der Waals surface area contributed by atoms with Crippen LogP contribution in [0.15, 0.2) is 58.4 Å². The molecule has 12 nitrogen and oxygen atoms in total. The van der Waals surface area contributed by atoms with E-state index in [4.69, 9.17) is 20.1 Å². The summed E-state index contributed by atoms with van der Waals surface area (Å²) in [4.78, 5) is 29.4. The number of carbonyl (C=O) groups excluding carboxylic acids is 1. The first kappa shape index (κ1) is 24.3. The Labute approximate surface area is 214 Å². The van der Waals surface area contributed by atoms with Gasteiger partial charge in [0.05, 0.1) is 11.3 Å². The molecule has 1 aliphatic rings. The molecule has 1 fully saturated rings. The SMILES string of the molecule is N=C(c1cc(CN=O)on1)n1nc(OCc2ccc(C(=O)N3CCSCC3)cn2)c2ccccc2c1=N. The maximum absolute atomic E-state index is 12.7. The van der Waals surface area contributed by atoms with Gasteiger partial charge in [-0.3, -0.25) is 20.6 Å². The lowest BCUT2D eigenvalue weighted by molar-refractivity contribution is 0.0771. The van der Waals surface area contributed by atoms with Crippen molar-refractivity contribution in [2.24, 2.45) is 5.18 Å². The number of benzene rings is 1. The molecule has 4 heterocycles. The normalized spacial score (nSPS) is 13.5. The number of ether oxygens (including phenoxy) is 1. The monoisotopic (exact) mass is 518 g/mol. The minimum absolute atomic E-state index is 0.0292. The predicted octanol–water partition coefficient (Wildman–Crippen LogP) is 2.81. The summed E-state index contributed by atoms with van der Waals surface area (Å²) in [6.45, 7) is 1.32. The van der Waals surface area contributed by atoms with Crippen LogP contribution in [0.5, 0.6) is 5.88 Å². The van der Waals surface area contributed by atoms with E-state index in [-0.39, 0.29) is 47.7 Å². The van der Waals surface area contributed by atoms with Crippen LogP contribution in [-0.2, 0) is 13.2 Å². The summed E-state index contributed by atoms with van der Waals surface area (Å²) in [5.41, 5.74) is 1.18. The van der Waals surface area contributed by atoms with E-state index in [2.05, 4.69) is 20.4 Å². The summed E-state index contributed by atoms with van der Waals surface area (Å²) < 4.78 is 12.1. The molecule has 1 aliphatic heterocycles. The Morgan fingerprint density at radius 2 is 1.95 bits per heavy atom. The van der Waals surface area contributed by atoms with Crippen molar-refractivity contribution < 1.29 is 14.1 Å². The fourth-order valence-electron chi connectivity index (χ4n) is 3.85. The molecule has 188 valence electrons. The van der Waals surface area contributed by atoms with Crippen molar-refractivity contribution in [1.82, 2.24) is 24.8 Å². The zero-order valence-corrected chi connectivity index (χ0v) is 20.4. The van der Waals surface area contributed by atoms with Crippen LogP contribution in [0.1, 0.15) is 27.5 Å². The highest BCUT2D eigenvalue weighted by Gasteiger charge is 2.19. The lowest BCUT2D eigenvalue weighted by Crippen LogP contribution is -2.37. The quantitative estimate of drug-likeness (QED) is 0.214. The van der Waals surface area contributed by atoms with Crippen LogP contribution in [0.25, 0.3) is 10.8 Å². The number of pyridine rings is 1. The van der Waals surface area contributed by atoms with E-state index in [1.54, 1.807) is 42.6 Å². The van der Waals surface area contributed by atoms with Crippen molar-refractivity contribution >= 4 is 34.3 Å². The number of hydrogen-bond donors (Lipinski definition) is 2. The predicted molar refractivity (Wildman–Crippen MR) is 136 cm³/mol. The largest absolute Gasteiger partial charge is 0.470 e. The molecule has 0 radical (unpaired) electrons. The van der Waals surface area contributed by atoms with Gasteiger partial charge >= 0.3 is 0 Å². The van der Waals surface area contributed by atoms with E-state index in [1.165, 1.54) is 6.07 Å². The maximum Gasteiger partial charge on any atom is 0.255 e. The standard InChI is InChI=1S/C24H22N8O4S/c25-21-18-3-1-2-4-19(18)23(29-32(21)22(26)20-11-17(13-28-34)36-30-20)35-14-16-6-5-15(12-27-16)24(33)31-7-9-37-10-8-31/h1-6,11-12,25-26H,7-10,13-14H2. The van der Waals surface area contributed by atoms with Gasteiger partial charge in [0.15, 0.2) is 22.8 Å². The summed E-state index contributed by atoms with van der Waals surface area (Å²) in [5.74, 6) is 2.02. The summed E-state index contributed by atoms with van der Waals surface area (Å²) >= 11 is 1.84. The number of fused-ring (bicyclic) bond motifs is 1.